The highest BCUT2D eigenvalue weighted by Crippen LogP contribution is 2.50. The first-order valence-electron chi connectivity index (χ1n) is 6.62. The maximum Gasteiger partial charge on any atom is 0.0165 e. The summed E-state index contributed by atoms with van der Waals surface area (Å²) in [4.78, 5) is 0. The number of fused-ring (bicyclic) bond motifs is 3. The molecule has 2 aromatic carbocycles. The third-order valence-electron chi connectivity index (χ3n) is 4.17. The van der Waals surface area contributed by atoms with E-state index in [9.17, 15) is 0 Å². The standard InChI is InChI=1S/C19H18/c1-5-13(2)14-10-8-11-16-15-9-6-7-12-17(15)19(3,4)18(14)16/h5-12H,1-2H2,3-4H3. The lowest BCUT2D eigenvalue weighted by Gasteiger charge is -2.24. The Kier molecular flexibility index (Phi) is 2.50. The molecule has 0 heteroatoms. The summed E-state index contributed by atoms with van der Waals surface area (Å²) in [6.07, 6.45) is 1.84. The van der Waals surface area contributed by atoms with Crippen LogP contribution in [-0.2, 0) is 5.41 Å². The van der Waals surface area contributed by atoms with E-state index < -0.39 is 0 Å². The molecule has 0 aliphatic heterocycles. The molecule has 94 valence electrons. The van der Waals surface area contributed by atoms with Gasteiger partial charge < -0.3 is 0 Å². The normalized spacial score (nSPS) is 14.6. The van der Waals surface area contributed by atoms with Gasteiger partial charge in [-0.15, -0.1) is 0 Å². The Balaban J connectivity index is 2.38. The Bertz CT molecular complexity index is 687. The number of benzene rings is 2. The molecule has 0 nitrogen and oxygen atoms in total. The molecule has 0 saturated heterocycles. The summed E-state index contributed by atoms with van der Waals surface area (Å²) < 4.78 is 0. The van der Waals surface area contributed by atoms with Crippen molar-refractivity contribution in [1.82, 2.24) is 0 Å². The van der Waals surface area contributed by atoms with Crippen LogP contribution in [0.4, 0.5) is 0 Å². The summed E-state index contributed by atoms with van der Waals surface area (Å²) in [5.41, 5.74) is 7.69. The molecule has 2 aromatic rings. The third kappa shape index (κ3) is 1.53. The fraction of sp³-hybridized carbons (Fsp3) is 0.158. The van der Waals surface area contributed by atoms with E-state index >= 15 is 0 Å². The molecule has 0 bridgehead atoms. The van der Waals surface area contributed by atoms with Gasteiger partial charge in [0.25, 0.3) is 0 Å². The van der Waals surface area contributed by atoms with Crippen LogP contribution in [0.15, 0.2) is 61.7 Å². The van der Waals surface area contributed by atoms with Gasteiger partial charge in [-0.25, -0.2) is 0 Å². The largest absolute Gasteiger partial charge is 0.0985 e. The predicted molar refractivity (Wildman–Crippen MR) is 83.2 cm³/mol. The van der Waals surface area contributed by atoms with Crippen molar-refractivity contribution in [2.75, 3.05) is 0 Å². The van der Waals surface area contributed by atoms with Crippen LogP contribution in [0.3, 0.4) is 0 Å². The van der Waals surface area contributed by atoms with Crippen molar-refractivity contribution in [1.29, 1.82) is 0 Å². The lowest BCUT2D eigenvalue weighted by molar-refractivity contribution is 0.658. The monoisotopic (exact) mass is 246 g/mol. The minimum atomic E-state index is 0.0223. The number of hydrogen-bond acceptors (Lipinski definition) is 0. The Morgan fingerprint density at radius 2 is 1.68 bits per heavy atom. The summed E-state index contributed by atoms with van der Waals surface area (Å²) in [6.45, 7) is 12.6. The molecule has 0 unspecified atom stereocenters. The molecule has 1 aliphatic carbocycles. The van der Waals surface area contributed by atoms with E-state index in [1.807, 2.05) is 6.08 Å². The van der Waals surface area contributed by atoms with Gasteiger partial charge in [-0.3, -0.25) is 0 Å². The second-order valence-electron chi connectivity index (χ2n) is 5.63. The van der Waals surface area contributed by atoms with Crippen LogP contribution in [0.2, 0.25) is 0 Å². The van der Waals surface area contributed by atoms with E-state index in [1.54, 1.807) is 0 Å². The highest BCUT2D eigenvalue weighted by Gasteiger charge is 2.36. The fourth-order valence-corrected chi connectivity index (χ4v) is 3.23. The summed E-state index contributed by atoms with van der Waals surface area (Å²) in [5, 5.41) is 0. The van der Waals surface area contributed by atoms with E-state index in [1.165, 1.54) is 27.8 Å². The van der Waals surface area contributed by atoms with Crippen molar-refractivity contribution in [3.05, 3.63) is 78.4 Å². The molecule has 0 amide bonds. The van der Waals surface area contributed by atoms with Crippen molar-refractivity contribution in [3.8, 4) is 11.1 Å². The lowest BCUT2D eigenvalue weighted by Crippen LogP contribution is -2.16. The van der Waals surface area contributed by atoms with Crippen LogP contribution in [0, 0.1) is 0 Å². The Hall–Kier alpha value is -2.08. The van der Waals surface area contributed by atoms with E-state index in [2.05, 4.69) is 69.5 Å². The van der Waals surface area contributed by atoms with E-state index in [-0.39, 0.29) is 5.41 Å². The average molecular weight is 246 g/mol. The number of allylic oxidation sites excluding steroid dienone is 2. The highest BCUT2D eigenvalue weighted by molar-refractivity contribution is 5.87. The van der Waals surface area contributed by atoms with Gasteiger partial charge in [0.05, 0.1) is 0 Å². The summed E-state index contributed by atoms with van der Waals surface area (Å²) in [5.74, 6) is 0. The van der Waals surface area contributed by atoms with Crippen molar-refractivity contribution in [2.45, 2.75) is 19.3 Å². The molecule has 0 N–H and O–H groups in total. The van der Waals surface area contributed by atoms with Crippen LogP contribution >= 0.6 is 0 Å². The van der Waals surface area contributed by atoms with Gasteiger partial charge in [0, 0.05) is 5.41 Å². The quantitative estimate of drug-likeness (QED) is 0.639. The molecule has 1 aliphatic rings. The Morgan fingerprint density at radius 3 is 2.42 bits per heavy atom. The molecule has 0 spiro atoms. The molecule has 0 saturated carbocycles. The smallest absolute Gasteiger partial charge is 0.0165 e. The molecule has 0 fully saturated rings. The fourth-order valence-electron chi connectivity index (χ4n) is 3.23. The van der Waals surface area contributed by atoms with Gasteiger partial charge in [-0.1, -0.05) is 75.5 Å². The van der Waals surface area contributed by atoms with Gasteiger partial charge in [0.1, 0.15) is 0 Å². The maximum atomic E-state index is 4.13. The van der Waals surface area contributed by atoms with Gasteiger partial charge in [0.15, 0.2) is 0 Å². The Morgan fingerprint density at radius 1 is 1.00 bits per heavy atom. The third-order valence-corrected chi connectivity index (χ3v) is 4.17. The van der Waals surface area contributed by atoms with Gasteiger partial charge in [-0.05, 0) is 33.4 Å². The van der Waals surface area contributed by atoms with Gasteiger partial charge >= 0.3 is 0 Å². The summed E-state index contributed by atoms with van der Waals surface area (Å²) >= 11 is 0. The molecule has 3 rings (SSSR count). The summed E-state index contributed by atoms with van der Waals surface area (Å²) in [7, 11) is 0. The molecule has 0 aromatic heterocycles. The van der Waals surface area contributed by atoms with Gasteiger partial charge in [0.2, 0.25) is 0 Å². The number of hydrogen-bond donors (Lipinski definition) is 0. The second kappa shape index (κ2) is 3.96. The van der Waals surface area contributed by atoms with Crippen molar-refractivity contribution >= 4 is 5.57 Å². The topological polar surface area (TPSA) is 0 Å². The SMILES string of the molecule is C=CC(=C)c1cccc2c1C(C)(C)c1ccccc1-2. The molecular formula is C19H18. The molecular weight excluding hydrogens is 228 g/mol. The first kappa shape index (κ1) is 12.0. The predicted octanol–water partition coefficient (Wildman–Crippen LogP) is 5.19. The zero-order valence-electron chi connectivity index (χ0n) is 11.5. The van der Waals surface area contributed by atoms with Crippen LogP contribution in [0.5, 0.6) is 0 Å². The first-order chi connectivity index (χ1) is 9.07. The van der Waals surface area contributed by atoms with Crippen LogP contribution in [0.25, 0.3) is 16.7 Å². The highest BCUT2D eigenvalue weighted by atomic mass is 14.4. The van der Waals surface area contributed by atoms with Crippen LogP contribution in [0.1, 0.15) is 30.5 Å². The van der Waals surface area contributed by atoms with Crippen molar-refractivity contribution in [2.24, 2.45) is 0 Å². The first-order valence-corrected chi connectivity index (χ1v) is 6.62. The minimum Gasteiger partial charge on any atom is -0.0985 e. The van der Waals surface area contributed by atoms with Crippen molar-refractivity contribution < 1.29 is 0 Å². The molecule has 19 heavy (non-hydrogen) atoms. The lowest BCUT2D eigenvalue weighted by atomic mass is 9.79. The van der Waals surface area contributed by atoms with E-state index in [0.29, 0.717) is 0 Å². The van der Waals surface area contributed by atoms with E-state index in [4.69, 9.17) is 0 Å². The maximum absolute atomic E-state index is 4.13. The van der Waals surface area contributed by atoms with Crippen LogP contribution in [-0.4, -0.2) is 0 Å². The zero-order valence-corrected chi connectivity index (χ0v) is 11.5. The molecule has 0 radical (unpaired) electrons. The van der Waals surface area contributed by atoms with E-state index in [0.717, 1.165) is 5.57 Å². The summed E-state index contributed by atoms with van der Waals surface area (Å²) in [6, 6.07) is 15.1. The number of rotatable bonds is 2. The van der Waals surface area contributed by atoms with Gasteiger partial charge in [-0.2, -0.15) is 0 Å². The minimum absolute atomic E-state index is 0.0223. The average Bonchev–Trinajstić information content (AvgIpc) is 2.68. The Labute approximate surface area is 115 Å². The van der Waals surface area contributed by atoms with Crippen molar-refractivity contribution in [3.63, 3.8) is 0 Å². The zero-order chi connectivity index (χ0) is 13.6. The second-order valence-corrected chi connectivity index (χ2v) is 5.63. The van der Waals surface area contributed by atoms with Crippen LogP contribution < -0.4 is 0 Å². The molecule has 0 heterocycles. The molecule has 0 atom stereocenters.